The fraction of sp³-hybridized carbons (Fsp3) is 0.444. The molecule has 0 bridgehead atoms. The SMILES string of the molecule is O=C(c1cc2n(n1)CCCO2)N1CCN(c2cccc(C(F)(F)F)c2)CC1. The molecule has 6 nitrogen and oxygen atoms in total. The number of halogens is 3. The first kappa shape index (κ1) is 17.7. The van der Waals surface area contributed by atoms with Crippen molar-refractivity contribution >= 4 is 11.6 Å². The number of nitrogens with zero attached hydrogens (tertiary/aromatic N) is 4. The summed E-state index contributed by atoms with van der Waals surface area (Å²) in [7, 11) is 0. The average Bonchev–Trinajstić information content (AvgIpc) is 3.11. The molecule has 0 spiro atoms. The second-order valence-electron chi connectivity index (χ2n) is 6.62. The minimum Gasteiger partial charge on any atom is -0.478 e. The standard InChI is InChI=1S/C18H19F3N4O2/c19-18(20,21)13-3-1-4-14(11-13)23-6-8-24(9-7-23)17(26)15-12-16-25(22-15)5-2-10-27-16/h1,3-4,11-12H,2,5-10H2. The number of rotatable bonds is 2. The fourth-order valence-electron chi connectivity index (χ4n) is 3.38. The molecule has 144 valence electrons. The molecule has 0 N–H and O–H groups in total. The number of carbonyl (C=O) groups is 1. The average molecular weight is 380 g/mol. The van der Waals surface area contributed by atoms with Crippen molar-refractivity contribution in [1.82, 2.24) is 14.7 Å². The lowest BCUT2D eigenvalue weighted by molar-refractivity contribution is -0.137. The van der Waals surface area contributed by atoms with E-state index in [9.17, 15) is 18.0 Å². The van der Waals surface area contributed by atoms with Gasteiger partial charge in [-0.15, -0.1) is 0 Å². The molecular weight excluding hydrogens is 361 g/mol. The molecule has 1 aromatic heterocycles. The van der Waals surface area contributed by atoms with Gasteiger partial charge in [-0.2, -0.15) is 18.3 Å². The Kier molecular flexibility index (Phi) is 4.45. The second-order valence-corrected chi connectivity index (χ2v) is 6.62. The van der Waals surface area contributed by atoms with Crippen molar-refractivity contribution in [1.29, 1.82) is 0 Å². The number of ether oxygens (including phenoxy) is 1. The van der Waals surface area contributed by atoms with E-state index < -0.39 is 11.7 Å². The van der Waals surface area contributed by atoms with Gasteiger partial charge in [0.1, 0.15) is 0 Å². The van der Waals surface area contributed by atoms with Gasteiger partial charge < -0.3 is 14.5 Å². The third-order valence-corrected chi connectivity index (χ3v) is 4.83. The fourth-order valence-corrected chi connectivity index (χ4v) is 3.38. The van der Waals surface area contributed by atoms with Crippen LogP contribution in [0.5, 0.6) is 5.88 Å². The van der Waals surface area contributed by atoms with Crippen molar-refractivity contribution in [3.05, 3.63) is 41.6 Å². The second kappa shape index (κ2) is 6.79. The molecule has 2 aliphatic rings. The molecule has 0 radical (unpaired) electrons. The molecule has 3 heterocycles. The maximum atomic E-state index is 12.9. The van der Waals surface area contributed by atoms with Crippen molar-refractivity contribution in [3.63, 3.8) is 0 Å². The lowest BCUT2D eigenvalue weighted by Crippen LogP contribution is -2.49. The first-order valence-electron chi connectivity index (χ1n) is 8.84. The minimum absolute atomic E-state index is 0.177. The molecule has 27 heavy (non-hydrogen) atoms. The third-order valence-electron chi connectivity index (χ3n) is 4.83. The van der Waals surface area contributed by atoms with Gasteiger partial charge in [-0.3, -0.25) is 4.79 Å². The Balaban J connectivity index is 1.41. The van der Waals surface area contributed by atoms with E-state index in [1.165, 1.54) is 6.07 Å². The molecule has 2 aliphatic heterocycles. The lowest BCUT2D eigenvalue weighted by atomic mass is 10.1. The minimum atomic E-state index is -4.36. The van der Waals surface area contributed by atoms with Gasteiger partial charge in [-0.1, -0.05) is 6.07 Å². The van der Waals surface area contributed by atoms with Crippen molar-refractivity contribution in [3.8, 4) is 5.88 Å². The Morgan fingerprint density at radius 1 is 1.07 bits per heavy atom. The van der Waals surface area contributed by atoms with Crippen LogP contribution in [0.25, 0.3) is 0 Å². The number of hydrogen-bond donors (Lipinski definition) is 0. The molecule has 1 amide bonds. The number of alkyl halides is 3. The maximum Gasteiger partial charge on any atom is 0.416 e. The first-order chi connectivity index (χ1) is 12.9. The molecule has 9 heteroatoms. The van der Waals surface area contributed by atoms with Crippen molar-refractivity contribution in [2.75, 3.05) is 37.7 Å². The number of carbonyl (C=O) groups excluding carboxylic acids is 1. The van der Waals surface area contributed by atoms with E-state index >= 15 is 0 Å². The zero-order valence-corrected chi connectivity index (χ0v) is 14.6. The Labute approximate surface area is 154 Å². The summed E-state index contributed by atoms with van der Waals surface area (Å²) in [6.07, 6.45) is -3.51. The Bertz CT molecular complexity index is 818. The molecule has 1 fully saturated rings. The number of hydrogen-bond acceptors (Lipinski definition) is 4. The molecule has 2 aromatic rings. The van der Waals surface area contributed by atoms with Crippen LogP contribution in [0.4, 0.5) is 18.9 Å². The summed E-state index contributed by atoms with van der Waals surface area (Å²) in [5, 5.41) is 4.30. The predicted molar refractivity (Wildman–Crippen MR) is 91.9 cm³/mol. The number of fused-ring (bicyclic) bond motifs is 1. The van der Waals surface area contributed by atoms with Crippen LogP contribution in [0.15, 0.2) is 30.3 Å². The van der Waals surface area contributed by atoms with Crippen molar-refractivity contribution < 1.29 is 22.7 Å². The smallest absolute Gasteiger partial charge is 0.416 e. The highest BCUT2D eigenvalue weighted by Crippen LogP contribution is 2.32. The maximum absolute atomic E-state index is 12.9. The molecule has 1 saturated heterocycles. The zero-order chi connectivity index (χ0) is 19.0. The first-order valence-corrected chi connectivity index (χ1v) is 8.84. The highest BCUT2D eigenvalue weighted by Gasteiger charge is 2.31. The van der Waals surface area contributed by atoms with Crippen LogP contribution in [-0.4, -0.2) is 53.4 Å². The van der Waals surface area contributed by atoms with Gasteiger partial charge in [-0.25, -0.2) is 4.68 Å². The quantitative estimate of drug-likeness (QED) is 0.804. The van der Waals surface area contributed by atoms with Gasteiger partial charge in [0.2, 0.25) is 5.88 Å². The highest BCUT2D eigenvalue weighted by molar-refractivity contribution is 5.92. The van der Waals surface area contributed by atoms with Gasteiger partial charge >= 0.3 is 6.18 Å². The normalized spacial score (nSPS) is 17.4. The van der Waals surface area contributed by atoms with Crippen LogP contribution in [0.3, 0.4) is 0 Å². The topological polar surface area (TPSA) is 50.6 Å². The highest BCUT2D eigenvalue weighted by atomic mass is 19.4. The molecule has 0 atom stereocenters. The van der Waals surface area contributed by atoms with Crippen molar-refractivity contribution in [2.24, 2.45) is 0 Å². The van der Waals surface area contributed by atoms with Crippen LogP contribution in [0.1, 0.15) is 22.5 Å². The Morgan fingerprint density at radius 3 is 2.56 bits per heavy atom. The van der Waals surface area contributed by atoms with Crippen LogP contribution in [0.2, 0.25) is 0 Å². The molecule has 0 saturated carbocycles. The summed E-state index contributed by atoms with van der Waals surface area (Å²) < 4.78 is 45.9. The summed E-state index contributed by atoms with van der Waals surface area (Å²) in [5.74, 6) is 0.427. The van der Waals surface area contributed by atoms with E-state index in [2.05, 4.69) is 5.10 Å². The number of anilines is 1. The number of benzene rings is 1. The molecule has 1 aromatic carbocycles. The molecular formula is C18H19F3N4O2. The van der Waals surface area contributed by atoms with E-state index in [1.807, 2.05) is 4.90 Å². The zero-order valence-electron chi connectivity index (χ0n) is 14.6. The summed E-state index contributed by atoms with van der Waals surface area (Å²) in [6.45, 7) is 3.14. The van der Waals surface area contributed by atoms with E-state index in [0.717, 1.165) is 25.1 Å². The van der Waals surface area contributed by atoms with E-state index in [-0.39, 0.29) is 5.91 Å². The summed E-state index contributed by atoms with van der Waals surface area (Å²) >= 11 is 0. The van der Waals surface area contributed by atoms with Crippen LogP contribution >= 0.6 is 0 Å². The van der Waals surface area contributed by atoms with Crippen molar-refractivity contribution in [2.45, 2.75) is 19.1 Å². The Morgan fingerprint density at radius 2 is 1.85 bits per heavy atom. The van der Waals surface area contributed by atoms with Crippen LogP contribution in [0, 0.1) is 0 Å². The van der Waals surface area contributed by atoms with Gasteiger partial charge in [0.15, 0.2) is 5.69 Å². The Hall–Kier alpha value is -2.71. The number of amides is 1. The van der Waals surface area contributed by atoms with Gasteiger partial charge in [-0.05, 0) is 18.2 Å². The predicted octanol–water partition coefficient (Wildman–Crippen LogP) is 2.65. The van der Waals surface area contributed by atoms with Crippen LogP contribution in [-0.2, 0) is 12.7 Å². The number of aryl methyl sites for hydroxylation is 1. The summed E-state index contributed by atoms with van der Waals surface area (Å²) in [6, 6.07) is 6.93. The largest absolute Gasteiger partial charge is 0.478 e. The monoisotopic (exact) mass is 380 g/mol. The molecule has 0 aliphatic carbocycles. The van der Waals surface area contributed by atoms with Gasteiger partial charge in [0, 0.05) is 50.9 Å². The van der Waals surface area contributed by atoms with Crippen LogP contribution < -0.4 is 9.64 Å². The summed E-state index contributed by atoms with van der Waals surface area (Å²) in [5.41, 5.74) is 0.198. The third kappa shape index (κ3) is 3.58. The van der Waals surface area contributed by atoms with Gasteiger partial charge in [0.05, 0.1) is 12.2 Å². The van der Waals surface area contributed by atoms with Gasteiger partial charge in [0.25, 0.3) is 5.91 Å². The molecule has 0 unspecified atom stereocenters. The number of aromatic nitrogens is 2. The lowest BCUT2D eigenvalue weighted by Gasteiger charge is -2.36. The summed E-state index contributed by atoms with van der Waals surface area (Å²) in [4.78, 5) is 16.2. The molecule has 4 rings (SSSR count). The number of piperazine rings is 1. The van der Waals surface area contributed by atoms with E-state index in [4.69, 9.17) is 4.74 Å². The van der Waals surface area contributed by atoms with E-state index in [1.54, 1.807) is 21.7 Å². The van der Waals surface area contributed by atoms with E-state index in [0.29, 0.717) is 50.0 Å².